The summed E-state index contributed by atoms with van der Waals surface area (Å²) in [6.45, 7) is 2.22. The topological polar surface area (TPSA) is 45.5 Å². The van der Waals surface area contributed by atoms with Crippen LogP contribution in [0.3, 0.4) is 0 Å². The van der Waals surface area contributed by atoms with Gasteiger partial charge in [0.1, 0.15) is 0 Å². The molecule has 0 saturated carbocycles. The highest BCUT2D eigenvalue weighted by Crippen LogP contribution is 2.22. The van der Waals surface area contributed by atoms with Gasteiger partial charge in [0.15, 0.2) is 11.0 Å². The first kappa shape index (κ1) is 15.0. The number of nitrogens with one attached hydrogen (secondary N) is 1. The Labute approximate surface area is 135 Å². The van der Waals surface area contributed by atoms with Gasteiger partial charge in [-0.1, -0.05) is 12.8 Å². The molecule has 116 valence electrons. The van der Waals surface area contributed by atoms with Crippen LogP contribution >= 0.6 is 11.6 Å². The molecule has 5 heteroatoms. The Bertz CT molecular complexity index is 628. The van der Waals surface area contributed by atoms with Gasteiger partial charge in [-0.3, -0.25) is 4.79 Å². The number of carbonyl (C=O) groups is 1. The number of amides is 1. The summed E-state index contributed by atoms with van der Waals surface area (Å²) in [5.74, 6) is -0.0870. The summed E-state index contributed by atoms with van der Waals surface area (Å²) in [6, 6.07) is 11.1. The van der Waals surface area contributed by atoms with E-state index in [2.05, 4.69) is 22.3 Å². The van der Waals surface area contributed by atoms with Gasteiger partial charge in [-0.25, -0.2) is 0 Å². The smallest absolute Gasteiger partial charge is 0.291 e. The van der Waals surface area contributed by atoms with Gasteiger partial charge in [0.05, 0.1) is 0 Å². The van der Waals surface area contributed by atoms with Crippen molar-refractivity contribution >= 4 is 28.9 Å². The third-order valence-electron chi connectivity index (χ3n) is 3.89. The van der Waals surface area contributed by atoms with Crippen LogP contribution < -0.4 is 10.2 Å². The summed E-state index contributed by atoms with van der Waals surface area (Å²) < 4.78 is 5.10. The monoisotopic (exact) mass is 318 g/mol. The van der Waals surface area contributed by atoms with Crippen LogP contribution in [0.2, 0.25) is 5.22 Å². The second-order valence-corrected chi connectivity index (χ2v) is 5.88. The number of rotatable bonds is 3. The summed E-state index contributed by atoms with van der Waals surface area (Å²) >= 11 is 5.68. The fourth-order valence-electron chi connectivity index (χ4n) is 2.71. The Kier molecular flexibility index (Phi) is 4.68. The molecule has 1 aromatic heterocycles. The van der Waals surface area contributed by atoms with Crippen LogP contribution in [0.5, 0.6) is 0 Å². The van der Waals surface area contributed by atoms with Crippen molar-refractivity contribution < 1.29 is 9.21 Å². The zero-order chi connectivity index (χ0) is 15.4. The lowest BCUT2D eigenvalue weighted by Gasteiger charge is -2.22. The van der Waals surface area contributed by atoms with Crippen LogP contribution in [0.15, 0.2) is 40.8 Å². The number of benzene rings is 1. The van der Waals surface area contributed by atoms with E-state index in [9.17, 15) is 4.79 Å². The van der Waals surface area contributed by atoms with E-state index in [0.717, 1.165) is 18.8 Å². The number of anilines is 2. The zero-order valence-corrected chi connectivity index (χ0v) is 13.1. The van der Waals surface area contributed by atoms with Crippen LogP contribution in [-0.4, -0.2) is 19.0 Å². The Balaban J connectivity index is 1.64. The standard InChI is InChI=1S/C17H19ClN2O2/c18-16-10-9-15(22-16)17(21)19-13-5-7-14(8-6-13)20-11-3-1-2-4-12-20/h5-10H,1-4,11-12H2,(H,19,21). The molecule has 3 rings (SSSR count). The van der Waals surface area contributed by atoms with Crippen molar-refractivity contribution in [1.82, 2.24) is 0 Å². The number of nitrogens with zero attached hydrogens (tertiary/aromatic N) is 1. The highest BCUT2D eigenvalue weighted by atomic mass is 35.5. The molecular weight excluding hydrogens is 300 g/mol. The summed E-state index contributed by atoms with van der Waals surface area (Å²) in [7, 11) is 0. The van der Waals surface area contributed by atoms with Crippen molar-refractivity contribution in [3.8, 4) is 0 Å². The van der Waals surface area contributed by atoms with E-state index in [1.165, 1.54) is 31.4 Å². The molecule has 1 aliphatic heterocycles. The molecule has 0 atom stereocenters. The molecule has 1 aliphatic rings. The van der Waals surface area contributed by atoms with Crippen LogP contribution in [0, 0.1) is 0 Å². The summed E-state index contributed by atoms with van der Waals surface area (Å²) in [6.07, 6.45) is 5.13. The van der Waals surface area contributed by atoms with E-state index < -0.39 is 0 Å². The SMILES string of the molecule is O=C(Nc1ccc(N2CCCCCC2)cc1)c1ccc(Cl)o1. The van der Waals surface area contributed by atoms with E-state index in [1.54, 1.807) is 12.1 Å². The summed E-state index contributed by atoms with van der Waals surface area (Å²) in [5, 5.41) is 3.01. The third kappa shape index (κ3) is 3.63. The molecule has 0 aliphatic carbocycles. The molecule has 0 radical (unpaired) electrons. The minimum absolute atomic E-state index is 0.210. The second-order valence-electron chi connectivity index (χ2n) is 5.51. The highest BCUT2D eigenvalue weighted by Gasteiger charge is 2.12. The predicted octanol–water partition coefficient (Wildman–Crippen LogP) is 4.57. The molecule has 0 bridgehead atoms. The van der Waals surface area contributed by atoms with Crippen molar-refractivity contribution in [3.63, 3.8) is 0 Å². The van der Waals surface area contributed by atoms with Gasteiger partial charge in [-0.15, -0.1) is 0 Å². The number of halogens is 1. The minimum atomic E-state index is -0.297. The Morgan fingerprint density at radius 3 is 2.27 bits per heavy atom. The van der Waals surface area contributed by atoms with Crippen LogP contribution in [0.1, 0.15) is 36.2 Å². The first-order chi connectivity index (χ1) is 10.7. The van der Waals surface area contributed by atoms with Gasteiger partial charge in [0.25, 0.3) is 5.91 Å². The highest BCUT2D eigenvalue weighted by molar-refractivity contribution is 6.29. The molecule has 1 saturated heterocycles. The molecular formula is C17H19ClN2O2. The molecule has 1 amide bonds. The van der Waals surface area contributed by atoms with Gasteiger partial charge in [-0.05, 0) is 60.8 Å². The maximum absolute atomic E-state index is 12.0. The fourth-order valence-corrected chi connectivity index (χ4v) is 2.86. The third-order valence-corrected chi connectivity index (χ3v) is 4.10. The van der Waals surface area contributed by atoms with E-state index in [-0.39, 0.29) is 16.9 Å². The van der Waals surface area contributed by atoms with Crippen molar-refractivity contribution in [1.29, 1.82) is 0 Å². The average molecular weight is 319 g/mol. The van der Waals surface area contributed by atoms with E-state index >= 15 is 0 Å². The molecule has 0 spiro atoms. The molecule has 4 nitrogen and oxygen atoms in total. The van der Waals surface area contributed by atoms with Gasteiger partial charge in [0.2, 0.25) is 0 Å². The molecule has 0 unspecified atom stereocenters. The predicted molar refractivity (Wildman–Crippen MR) is 88.8 cm³/mol. The van der Waals surface area contributed by atoms with Crippen LogP contribution in [0.4, 0.5) is 11.4 Å². The maximum atomic E-state index is 12.0. The number of hydrogen-bond acceptors (Lipinski definition) is 3. The molecule has 1 fully saturated rings. The molecule has 1 N–H and O–H groups in total. The first-order valence-electron chi connectivity index (χ1n) is 7.64. The van der Waals surface area contributed by atoms with Crippen molar-refractivity contribution in [2.75, 3.05) is 23.3 Å². The Morgan fingerprint density at radius 2 is 1.68 bits per heavy atom. The fraction of sp³-hybridized carbons (Fsp3) is 0.353. The van der Waals surface area contributed by atoms with Gasteiger partial charge in [-0.2, -0.15) is 0 Å². The second kappa shape index (κ2) is 6.88. The summed E-state index contributed by atoms with van der Waals surface area (Å²) in [5.41, 5.74) is 1.96. The lowest BCUT2D eigenvalue weighted by atomic mass is 10.2. The lowest BCUT2D eigenvalue weighted by Crippen LogP contribution is -2.23. The molecule has 2 aromatic rings. The van der Waals surface area contributed by atoms with E-state index in [1.807, 2.05) is 12.1 Å². The largest absolute Gasteiger partial charge is 0.440 e. The van der Waals surface area contributed by atoms with Gasteiger partial charge in [0, 0.05) is 24.5 Å². The Hall–Kier alpha value is -1.94. The first-order valence-corrected chi connectivity index (χ1v) is 8.02. The quantitative estimate of drug-likeness (QED) is 0.902. The van der Waals surface area contributed by atoms with Crippen molar-refractivity contribution in [2.24, 2.45) is 0 Å². The van der Waals surface area contributed by atoms with Gasteiger partial charge >= 0.3 is 0 Å². The summed E-state index contributed by atoms with van der Waals surface area (Å²) in [4.78, 5) is 14.4. The zero-order valence-electron chi connectivity index (χ0n) is 12.3. The van der Waals surface area contributed by atoms with Crippen LogP contribution in [0.25, 0.3) is 0 Å². The minimum Gasteiger partial charge on any atom is -0.440 e. The van der Waals surface area contributed by atoms with Gasteiger partial charge < -0.3 is 14.6 Å². The Morgan fingerprint density at radius 1 is 1.00 bits per heavy atom. The van der Waals surface area contributed by atoms with Crippen LogP contribution in [-0.2, 0) is 0 Å². The normalized spacial score (nSPS) is 15.4. The van der Waals surface area contributed by atoms with E-state index in [4.69, 9.17) is 16.0 Å². The molecule has 2 heterocycles. The number of carbonyl (C=O) groups excluding carboxylic acids is 1. The van der Waals surface area contributed by atoms with E-state index in [0.29, 0.717) is 0 Å². The maximum Gasteiger partial charge on any atom is 0.291 e. The molecule has 22 heavy (non-hydrogen) atoms. The van der Waals surface area contributed by atoms with Crippen molar-refractivity contribution in [3.05, 3.63) is 47.4 Å². The number of furan rings is 1. The number of hydrogen-bond donors (Lipinski definition) is 1. The molecule has 1 aromatic carbocycles. The lowest BCUT2D eigenvalue weighted by molar-refractivity contribution is 0.0997. The van der Waals surface area contributed by atoms with Crippen molar-refractivity contribution in [2.45, 2.75) is 25.7 Å². The average Bonchev–Trinajstić information content (AvgIpc) is 2.80.